The molecule has 19 heavy (non-hydrogen) atoms. The van der Waals surface area contributed by atoms with Gasteiger partial charge in [-0.15, -0.1) is 0 Å². The lowest BCUT2D eigenvalue weighted by molar-refractivity contribution is -0.119. The van der Waals surface area contributed by atoms with Gasteiger partial charge in [0.1, 0.15) is 11.6 Å². The van der Waals surface area contributed by atoms with Crippen molar-refractivity contribution in [1.29, 1.82) is 0 Å². The molecule has 0 saturated heterocycles. The van der Waals surface area contributed by atoms with E-state index in [1.54, 1.807) is 13.2 Å². The smallest absolute Gasteiger partial charge is 0.203 e. The molecule has 104 valence electrons. The third-order valence-corrected chi connectivity index (χ3v) is 5.10. The molecule has 0 fully saturated rings. The first-order valence-electron chi connectivity index (χ1n) is 6.22. The highest BCUT2D eigenvalue weighted by Gasteiger charge is 2.25. The summed E-state index contributed by atoms with van der Waals surface area (Å²) in [4.78, 5) is 12.0. The molecular weight excluding hydrogens is 267 g/mol. The van der Waals surface area contributed by atoms with Crippen LogP contribution in [0.25, 0.3) is 0 Å². The van der Waals surface area contributed by atoms with Crippen LogP contribution in [-0.4, -0.2) is 33.5 Å². The number of Topliss-reactive ketones (excluding diaryl/α,β-unsaturated/α-hetero) is 1. The lowest BCUT2D eigenvalue weighted by Gasteiger charge is -2.24. The van der Waals surface area contributed by atoms with Crippen LogP contribution in [0.3, 0.4) is 0 Å². The van der Waals surface area contributed by atoms with Crippen LogP contribution in [-0.2, 0) is 20.7 Å². The van der Waals surface area contributed by atoms with Crippen molar-refractivity contribution in [3.63, 3.8) is 0 Å². The van der Waals surface area contributed by atoms with Crippen molar-refractivity contribution in [2.75, 3.05) is 12.0 Å². The number of aryl methyl sites for hydroxylation is 1. The number of ketones is 1. The minimum absolute atomic E-state index is 0.246. The van der Waals surface area contributed by atoms with Crippen LogP contribution in [0, 0.1) is 5.82 Å². The number of carbonyl (C=O) groups excluding carboxylic acids is 1. The van der Waals surface area contributed by atoms with Crippen molar-refractivity contribution in [1.82, 2.24) is 0 Å². The first kappa shape index (κ1) is 14.1. The summed E-state index contributed by atoms with van der Waals surface area (Å²) in [5, 5.41) is 1.28. The van der Waals surface area contributed by atoms with Crippen LogP contribution in [0.4, 0.5) is 4.39 Å². The molecule has 0 N–H and O–H groups in total. The summed E-state index contributed by atoms with van der Waals surface area (Å²) in [5.41, 5.74) is 0.775. The van der Waals surface area contributed by atoms with E-state index in [2.05, 4.69) is 0 Å². The molecule has 0 spiro atoms. The molecule has 1 aliphatic rings. The zero-order valence-electron chi connectivity index (χ0n) is 11.0. The zero-order chi connectivity index (χ0) is 14.0. The second-order valence-electron chi connectivity index (χ2n) is 4.78. The van der Waals surface area contributed by atoms with Crippen LogP contribution in [0.5, 0.6) is 5.75 Å². The van der Waals surface area contributed by atoms with Gasteiger partial charge in [-0.1, -0.05) is 6.92 Å². The van der Waals surface area contributed by atoms with Gasteiger partial charge in [0.15, 0.2) is 6.10 Å². The summed E-state index contributed by atoms with van der Waals surface area (Å²) >= 11 is 0. The van der Waals surface area contributed by atoms with E-state index in [1.807, 2.05) is 0 Å². The Hall–Kier alpha value is -1.36. The first-order chi connectivity index (χ1) is 8.91. The number of fused-ring (bicyclic) bond motifs is 1. The maximum atomic E-state index is 13.1. The second-order valence-corrected chi connectivity index (χ2v) is 7.73. The zero-order valence-corrected chi connectivity index (χ0v) is 11.8. The normalized spacial score (nSPS) is 20.9. The molecule has 1 aromatic carbocycles. The topological polar surface area (TPSA) is 43.4 Å². The monoisotopic (exact) mass is 284 g/mol. The standard InChI is InChI=1S/C14H17FO3S/c1-3-19(2,17)9-12(16)14-6-4-10-8-11(15)5-7-13(10)18-14/h5,7-9,14H,3-4,6H2,1-2H3/t14-,19?/m1/s1. The number of hydrogen-bond donors (Lipinski definition) is 0. The third-order valence-electron chi connectivity index (χ3n) is 3.22. The van der Waals surface area contributed by atoms with Gasteiger partial charge in [0, 0.05) is 17.4 Å². The largest absolute Gasteiger partial charge is 0.482 e. The SMILES string of the molecule is CCS(C)(=O)=CC(=O)[C@H]1CCc2cc(F)ccc2O1. The Morgan fingerprint density at radius 1 is 1.58 bits per heavy atom. The predicted molar refractivity (Wildman–Crippen MR) is 74.8 cm³/mol. The molecule has 2 rings (SSSR count). The Kier molecular flexibility index (Phi) is 3.94. The van der Waals surface area contributed by atoms with E-state index < -0.39 is 15.6 Å². The van der Waals surface area contributed by atoms with Gasteiger partial charge in [-0.05, 0) is 46.1 Å². The number of hydrogen-bond acceptors (Lipinski definition) is 3. The Balaban J connectivity index is 2.19. The summed E-state index contributed by atoms with van der Waals surface area (Å²) in [5.74, 6) is 0.428. The van der Waals surface area contributed by atoms with Crippen molar-refractivity contribution < 1.29 is 18.1 Å². The molecule has 3 nitrogen and oxygen atoms in total. The minimum atomic E-state index is -2.22. The van der Waals surface area contributed by atoms with E-state index in [9.17, 15) is 13.4 Å². The summed E-state index contributed by atoms with van der Waals surface area (Å²) in [6, 6.07) is 4.27. The highest BCUT2D eigenvalue weighted by molar-refractivity contribution is 8.01. The van der Waals surface area contributed by atoms with Crippen LogP contribution in [0.15, 0.2) is 18.2 Å². The first-order valence-corrected chi connectivity index (χ1v) is 8.42. The summed E-state index contributed by atoms with van der Waals surface area (Å²) in [7, 11) is -2.22. The van der Waals surface area contributed by atoms with Crippen molar-refractivity contribution >= 4 is 20.7 Å². The van der Waals surface area contributed by atoms with Crippen molar-refractivity contribution in [3.8, 4) is 5.75 Å². The van der Waals surface area contributed by atoms with Gasteiger partial charge >= 0.3 is 0 Å². The maximum Gasteiger partial charge on any atom is 0.203 e. The van der Waals surface area contributed by atoms with Gasteiger partial charge in [0.25, 0.3) is 0 Å². The van der Waals surface area contributed by atoms with Gasteiger partial charge in [0.2, 0.25) is 5.78 Å². The van der Waals surface area contributed by atoms with Gasteiger partial charge in [0.05, 0.1) is 0 Å². The molecule has 0 aromatic heterocycles. The summed E-state index contributed by atoms with van der Waals surface area (Å²) < 4.78 is 30.5. The fraction of sp³-hybridized carbons (Fsp3) is 0.429. The molecular formula is C14H17FO3S. The van der Waals surface area contributed by atoms with Crippen LogP contribution in [0.1, 0.15) is 18.9 Å². The van der Waals surface area contributed by atoms with Crippen molar-refractivity contribution in [2.24, 2.45) is 0 Å². The van der Waals surface area contributed by atoms with Crippen molar-refractivity contribution in [3.05, 3.63) is 29.6 Å². The van der Waals surface area contributed by atoms with E-state index in [1.165, 1.54) is 23.6 Å². The predicted octanol–water partition coefficient (Wildman–Crippen LogP) is 1.82. The Morgan fingerprint density at radius 2 is 2.32 bits per heavy atom. The van der Waals surface area contributed by atoms with E-state index in [4.69, 9.17) is 4.74 Å². The molecule has 1 unspecified atom stereocenters. The minimum Gasteiger partial charge on any atom is -0.482 e. The Morgan fingerprint density at radius 3 is 3.00 bits per heavy atom. The lowest BCUT2D eigenvalue weighted by Crippen LogP contribution is -2.33. The van der Waals surface area contributed by atoms with Crippen LogP contribution in [0.2, 0.25) is 0 Å². The summed E-state index contributed by atoms with van der Waals surface area (Å²) in [6.07, 6.45) is 2.04. The molecule has 2 atom stereocenters. The molecule has 1 aromatic rings. The van der Waals surface area contributed by atoms with E-state index >= 15 is 0 Å². The molecule has 0 radical (unpaired) electrons. The number of halogens is 1. The number of ether oxygens (including phenoxy) is 1. The molecule has 0 aliphatic carbocycles. The highest BCUT2D eigenvalue weighted by atomic mass is 32.2. The molecule has 1 heterocycles. The Labute approximate surface area is 112 Å². The van der Waals surface area contributed by atoms with E-state index in [0.29, 0.717) is 24.3 Å². The second kappa shape index (κ2) is 5.33. The third kappa shape index (κ3) is 3.35. The fourth-order valence-electron chi connectivity index (χ4n) is 1.96. The molecule has 5 heteroatoms. The fourth-order valence-corrected chi connectivity index (χ4v) is 2.77. The van der Waals surface area contributed by atoms with Crippen molar-refractivity contribution in [2.45, 2.75) is 25.9 Å². The van der Waals surface area contributed by atoms with Gasteiger partial charge in [-0.2, -0.15) is 0 Å². The molecule has 0 amide bonds. The number of rotatable bonds is 3. The van der Waals surface area contributed by atoms with Crippen LogP contribution >= 0.6 is 0 Å². The van der Waals surface area contributed by atoms with Gasteiger partial charge in [-0.3, -0.25) is 9.00 Å². The van der Waals surface area contributed by atoms with E-state index in [0.717, 1.165) is 5.56 Å². The lowest BCUT2D eigenvalue weighted by atomic mass is 10.0. The van der Waals surface area contributed by atoms with E-state index in [-0.39, 0.29) is 11.6 Å². The van der Waals surface area contributed by atoms with Gasteiger partial charge in [-0.25, -0.2) is 4.39 Å². The Bertz CT molecular complexity index is 615. The quantitative estimate of drug-likeness (QED) is 0.795. The average molecular weight is 284 g/mol. The molecule has 0 saturated carbocycles. The molecule has 1 aliphatic heterocycles. The maximum absolute atomic E-state index is 13.1. The number of benzene rings is 1. The van der Waals surface area contributed by atoms with Gasteiger partial charge < -0.3 is 4.74 Å². The highest BCUT2D eigenvalue weighted by Crippen LogP contribution is 2.28. The summed E-state index contributed by atoms with van der Waals surface area (Å²) in [6.45, 7) is 1.78. The number of carbonyl (C=O) groups is 1. The van der Waals surface area contributed by atoms with Crippen LogP contribution < -0.4 is 4.74 Å². The average Bonchev–Trinajstić information content (AvgIpc) is 2.37. The molecule has 0 bridgehead atoms.